The zero-order valence-corrected chi connectivity index (χ0v) is 8.53. The fourth-order valence-electron chi connectivity index (χ4n) is 1.04. The summed E-state index contributed by atoms with van der Waals surface area (Å²) < 4.78 is 0. The summed E-state index contributed by atoms with van der Waals surface area (Å²) in [6.45, 7) is 0. The first-order chi connectivity index (χ1) is 6.65. The van der Waals surface area contributed by atoms with Crippen molar-refractivity contribution in [1.29, 1.82) is 0 Å². The van der Waals surface area contributed by atoms with Gasteiger partial charge in [-0.25, -0.2) is 9.78 Å². The highest BCUT2D eigenvalue weighted by atomic mass is 16.2. The normalized spacial score (nSPS) is 9.36. The molecule has 0 aliphatic rings. The maximum atomic E-state index is 11.1. The van der Waals surface area contributed by atoms with E-state index in [-0.39, 0.29) is 6.03 Å². The average Bonchev–Trinajstić information content (AvgIpc) is 2.18. The smallest absolute Gasteiger partial charge is 0.319 e. The summed E-state index contributed by atoms with van der Waals surface area (Å²) in [5, 5.41) is 5.17. The number of carbonyl (C=O) groups is 1. The van der Waals surface area contributed by atoms with Gasteiger partial charge in [0.15, 0.2) is 5.82 Å². The second-order valence-electron chi connectivity index (χ2n) is 2.97. The van der Waals surface area contributed by atoms with Crippen molar-refractivity contribution >= 4 is 17.5 Å². The van der Waals surface area contributed by atoms with E-state index in [1.165, 1.54) is 0 Å². The van der Waals surface area contributed by atoms with Crippen LogP contribution in [0.3, 0.4) is 0 Å². The van der Waals surface area contributed by atoms with Crippen molar-refractivity contribution < 1.29 is 4.79 Å². The van der Waals surface area contributed by atoms with E-state index in [2.05, 4.69) is 15.6 Å². The molecule has 1 rings (SSSR count). The molecule has 0 saturated heterocycles. The molecular formula is C9H14N4O. The predicted molar refractivity (Wildman–Crippen MR) is 56.6 cm³/mol. The van der Waals surface area contributed by atoms with Crippen LogP contribution in [0, 0.1) is 0 Å². The lowest BCUT2D eigenvalue weighted by atomic mass is 10.3. The number of hydrogen-bond acceptors (Lipinski definition) is 3. The summed E-state index contributed by atoms with van der Waals surface area (Å²) in [6, 6.07) is 3.33. The Hall–Kier alpha value is -1.78. The van der Waals surface area contributed by atoms with Gasteiger partial charge in [0.05, 0.1) is 5.69 Å². The maximum Gasteiger partial charge on any atom is 0.319 e. The monoisotopic (exact) mass is 194 g/mol. The highest BCUT2D eigenvalue weighted by Crippen LogP contribution is 2.19. The van der Waals surface area contributed by atoms with Gasteiger partial charge in [-0.15, -0.1) is 0 Å². The van der Waals surface area contributed by atoms with Gasteiger partial charge in [0.2, 0.25) is 0 Å². The van der Waals surface area contributed by atoms with Gasteiger partial charge in [-0.2, -0.15) is 0 Å². The van der Waals surface area contributed by atoms with Crippen molar-refractivity contribution in [3.8, 4) is 0 Å². The fraction of sp³-hybridized carbons (Fsp3) is 0.333. The number of rotatable bonds is 2. The van der Waals surface area contributed by atoms with Crippen molar-refractivity contribution in [3.63, 3.8) is 0 Å². The maximum absolute atomic E-state index is 11.1. The molecule has 0 saturated carbocycles. The molecule has 0 spiro atoms. The summed E-state index contributed by atoms with van der Waals surface area (Å²) in [4.78, 5) is 17.1. The van der Waals surface area contributed by atoms with Crippen LogP contribution in [-0.4, -0.2) is 32.2 Å². The number of urea groups is 1. The lowest BCUT2D eigenvalue weighted by Gasteiger charge is -2.15. The Balaban J connectivity index is 2.90. The van der Waals surface area contributed by atoms with Crippen LogP contribution in [0.1, 0.15) is 0 Å². The van der Waals surface area contributed by atoms with Gasteiger partial charge in [0, 0.05) is 27.3 Å². The van der Waals surface area contributed by atoms with Crippen LogP contribution in [0.2, 0.25) is 0 Å². The molecule has 0 atom stereocenters. The van der Waals surface area contributed by atoms with Crippen molar-refractivity contribution in [2.24, 2.45) is 0 Å². The Labute approximate surface area is 83.1 Å². The molecule has 2 amide bonds. The third-order valence-electron chi connectivity index (χ3n) is 1.69. The van der Waals surface area contributed by atoms with Crippen molar-refractivity contribution in [2.75, 3.05) is 31.4 Å². The van der Waals surface area contributed by atoms with Gasteiger partial charge in [0.1, 0.15) is 0 Å². The Morgan fingerprint density at radius 2 is 2.21 bits per heavy atom. The van der Waals surface area contributed by atoms with Crippen LogP contribution < -0.4 is 15.5 Å². The van der Waals surface area contributed by atoms with E-state index in [0.717, 1.165) is 5.82 Å². The van der Waals surface area contributed by atoms with E-state index in [1.807, 2.05) is 19.0 Å². The van der Waals surface area contributed by atoms with Crippen LogP contribution in [0.4, 0.5) is 16.3 Å². The van der Waals surface area contributed by atoms with Crippen LogP contribution >= 0.6 is 0 Å². The van der Waals surface area contributed by atoms with Gasteiger partial charge in [-0.05, 0) is 12.1 Å². The van der Waals surface area contributed by atoms with Gasteiger partial charge in [-0.1, -0.05) is 0 Å². The Bertz CT molecular complexity index is 324. The highest BCUT2D eigenvalue weighted by molar-refractivity contribution is 5.92. The topological polar surface area (TPSA) is 57.3 Å². The van der Waals surface area contributed by atoms with Crippen LogP contribution in [0.5, 0.6) is 0 Å². The van der Waals surface area contributed by atoms with Crippen LogP contribution in [0.15, 0.2) is 18.3 Å². The van der Waals surface area contributed by atoms with E-state index in [9.17, 15) is 4.79 Å². The quantitative estimate of drug-likeness (QED) is 0.735. The zero-order chi connectivity index (χ0) is 10.6. The highest BCUT2D eigenvalue weighted by Gasteiger charge is 2.06. The third-order valence-corrected chi connectivity index (χ3v) is 1.69. The van der Waals surface area contributed by atoms with E-state index in [1.54, 1.807) is 25.4 Å². The number of nitrogens with one attached hydrogen (secondary N) is 2. The molecule has 0 unspecified atom stereocenters. The molecule has 5 nitrogen and oxygen atoms in total. The molecule has 0 aromatic carbocycles. The Morgan fingerprint density at radius 3 is 2.79 bits per heavy atom. The van der Waals surface area contributed by atoms with Crippen LogP contribution in [-0.2, 0) is 0 Å². The second-order valence-corrected chi connectivity index (χ2v) is 2.97. The number of carbonyl (C=O) groups excluding carboxylic acids is 1. The fourth-order valence-corrected chi connectivity index (χ4v) is 1.04. The molecule has 2 N–H and O–H groups in total. The van der Waals surface area contributed by atoms with Crippen molar-refractivity contribution in [1.82, 2.24) is 10.3 Å². The minimum atomic E-state index is -0.249. The number of pyridine rings is 1. The first-order valence-corrected chi connectivity index (χ1v) is 4.26. The first kappa shape index (κ1) is 10.3. The lowest BCUT2D eigenvalue weighted by Crippen LogP contribution is -2.26. The third kappa shape index (κ3) is 2.35. The zero-order valence-electron chi connectivity index (χ0n) is 8.53. The van der Waals surface area contributed by atoms with E-state index >= 15 is 0 Å². The number of hydrogen-bond donors (Lipinski definition) is 2. The Kier molecular flexibility index (Phi) is 3.28. The van der Waals surface area contributed by atoms with E-state index < -0.39 is 0 Å². The van der Waals surface area contributed by atoms with Crippen LogP contribution in [0.25, 0.3) is 0 Å². The standard InChI is InChI=1S/C9H14N4O/c1-10-9(14)12-7-5-4-6-11-8(7)13(2)3/h4-6H,1-3H3,(H2,10,12,14). The number of nitrogens with zero attached hydrogens (tertiary/aromatic N) is 2. The molecule has 76 valence electrons. The molecule has 14 heavy (non-hydrogen) atoms. The molecule has 0 bridgehead atoms. The largest absolute Gasteiger partial charge is 0.361 e. The predicted octanol–water partition coefficient (Wildman–Crippen LogP) is 0.899. The molecule has 5 heteroatoms. The molecule has 0 aliphatic heterocycles. The van der Waals surface area contributed by atoms with Gasteiger partial charge in [0.25, 0.3) is 0 Å². The summed E-state index contributed by atoms with van der Waals surface area (Å²) in [6.07, 6.45) is 1.68. The van der Waals surface area contributed by atoms with E-state index in [0.29, 0.717) is 5.69 Å². The molecule has 1 aromatic rings. The molecule has 0 fully saturated rings. The number of anilines is 2. The SMILES string of the molecule is CNC(=O)Nc1cccnc1N(C)C. The number of aromatic nitrogens is 1. The van der Waals surface area contributed by atoms with Crippen molar-refractivity contribution in [2.45, 2.75) is 0 Å². The lowest BCUT2D eigenvalue weighted by molar-refractivity contribution is 0.254. The second kappa shape index (κ2) is 4.45. The summed E-state index contributed by atoms with van der Waals surface area (Å²) in [5.74, 6) is 0.733. The van der Waals surface area contributed by atoms with Gasteiger partial charge >= 0.3 is 6.03 Å². The average molecular weight is 194 g/mol. The summed E-state index contributed by atoms with van der Waals surface area (Å²) in [7, 11) is 5.32. The minimum absolute atomic E-state index is 0.249. The minimum Gasteiger partial charge on any atom is -0.361 e. The molecule has 1 aromatic heterocycles. The molecule has 1 heterocycles. The molecule has 0 aliphatic carbocycles. The molecule has 0 radical (unpaired) electrons. The van der Waals surface area contributed by atoms with Gasteiger partial charge < -0.3 is 15.5 Å². The van der Waals surface area contributed by atoms with Gasteiger partial charge in [-0.3, -0.25) is 0 Å². The first-order valence-electron chi connectivity index (χ1n) is 4.26. The van der Waals surface area contributed by atoms with Crippen molar-refractivity contribution in [3.05, 3.63) is 18.3 Å². The Morgan fingerprint density at radius 1 is 1.50 bits per heavy atom. The number of amides is 2. The molecular weight excluding hydrogens is 180 g/mol. The summed E-state index contributed by atoms with van der Waals surface area (Å²) in [5.41, 5.74) is 0.692. The summed E-state index contributed by atoms with van der Waals surface area (Å²) >= 11 is 0. The van der Waals surface area contributed by atoms with E-state index in [4.69, 9.17) is 0 Å².